The largest absolute Gasteiger partial charge is 0.496 e. The van der Waals surface area contributed by atoms with Crippen LogP contribution >= 0.6 is 0 Å². The molecule has 5 heteroatoms. The maximum absolute atomic E-state index is 11.7. The topological polar surface area (TPSA) is 81.0 Å². The molecule has 2 aromatic rings. The lowest BCUT2D eigenvalue weighted by molar-refractivity contribution is 0.416. The minimum atomic E-state index is -0.330. The number of rotatable bonds is 3. The van der Waals surface area contributed by atoms with Crippen molar-refractivity contribution in [3.8, 4) is 17.0 Å². The van der Waals surface area contributed by atoms with Crippen LogP contribution in [0.1, 0.15) is 24.4 Å². The van der Waals surface area contributed by atoms with E-state index >= 15 is 0 Å². The SMILES string of the molecule is COc1ccc(C)cc1-c1cc(=O)[nH]c(C(C)N)n1. The molecule has 100 valence electrons. The van der Waals surface area contributed by atoms with Gasteiger partial charge in [0.2, 0.25) is 0 Å². The number of hydrogen-bond donors (Lipinski definition) is 2. The predicted molar refractivity (Wildman–Crippen MR) is 74.2 cm³/mol. The molecule has 0 aliphatic rings. The molecule has 1 heterocycles. The standard InChI is InChI=1S/C14H17N3O2/c1-8-4-5-12(19-3)10(6-8)11-7-13(18)17-14(16-11)9(2)15/h4-7,9H,15H2,1-3H3,(H,16,17,18). The highest BCUT2D eigenvalue weighted by atomic mass is 16.5. The highest BCUT2D eigenvalue weighted by Gasteiger charge is 2.11. The summed E-state index contributed by atoms with van der Waals surface area (Å²) in [5, 5.41) is 0. The minimum Gasteiger partial charge on any atom is -0.496 e. The quantitative estimate of drug-likeness (QED) is 0.880. The fraction of sp³-hybridized carbons (Fsp3) is 0.286. The van der Waals surface area contributed by atoms with Crippen LogP contribution in [-0.4, -0.2) is 17.1 Å². The Morgan fingerprint density at radius 2 is 2.11 bits per heavy atom. The Morgan fingerprint density at radius 1 is 1.37 bits per heavy atom. The van der Waals surface area contributed by atoms with Crippen molar-refractivity contribution in [3.05, 3.63) is 46.0 Å². The van der Waals surface area contributed by atoms with Crippen molar-refractivity contribution in [1.29, 1.82) is 0 Å². The Bertz CT molecular complexity index is 647. The van der Waals surface area contributed by atoms with Crippen LogP contribution in [-0.2, 0) is 0 Å². The molecule has 1 atom stereocenters. The molecule has 1 unspecified atom stereocenters. The van der Waals surface area contributed by atoms with Crippen molar-refractivity contribution < 1.29 is 4.74 Å². The van der Waals surface area contributed by atoms with E-state index < -0.39 is 0 Å². The van der Waals surface area contributed by atoms with Gasteiger partial charge < -0.3 is 15.5 Å². The van der Waals surface area contributed by atoms with Crippen molar-refractivity contribution in [3.63, 3.8) is 0 Å². The van der Waals surface area contributed by atoms with Crippen molar-refractivity contribution in [2.45, 2.75) is 19.9 Å². The lowest BCUT2D eigenvalue weighted by Gasteiger charge is -2.11. The number of nitrogens with zero attached hydrogens (tertiary/aromatic N) is 1. The number of aromatic amines is 1. The van der Waals surface area contributed by atoms with E-state index in [0.717, 1.165) is 11.1 Å². The van der Waals surface area contributed by atoms with Gasteiger partial charge in [0.1, 0.15) is 11.6 Å². The molecule has 1 aromatic heterocycles. The summed E-state index contributed by atoms with van der Waals surface area (Å²) in [4.78, 5) is 18.7. The second-order valence-electron chi connectivity index (χ2n) is 4.51. The summed E-state index contributed by atoms with van der Waals surface area (Å²) >= 11 is 0. The Hall–Kier alpha value is -2.14. The van der Waals surface area contributed by atoms with E-state index in [1.165, 1.54) is 6.07 Å². The average Bonchev–Trinajstić information content (AvgIpc) is 2.37. The van der Waals surface area contributed by atoms with E-state index in [9.17, 15) is 4.79 Å². The van der Waals surface area contributed by atoms with Gasteiger partial charge in [0.05, 0.1) is 18.8 Å². The Morgan fingerprint density at radius 3 is 2.74 bits per heavy atom. The zero-order valence-electron chi connectivity index (χ0n) is 11.2. The van der Waals surface area contributed by atoms with Gasteiger partial charge in [0.25, 0.3) is 5.56 Å². The third kappa shape index (κ3) is 2.82. The summed E-state index contributed by atoms with van der Waals surface area (Å²) in [6, 6.07) is 6.86. The summed E-state index contributed by atoms with van der Waals surface area (Å²) in [6.07, 6.45) is 0. The molecule has 0 amide bonds. The molecule has 0 aliphatic carbocycles. The first-order chi connectivity index (χ1) is 9.01. The van der Waals surface area contributed by atoms with Gasteiger partial charge in [-0.2, -0.15) is 0 Å². The van der Waals surface area contributed by atoms with Crippen molar-refractivity contribution >= 4 is 0 Å². The summed E-state index contributed by atoms with van der Waals surface area (Å²) in [5.41, 5.74) is 7.97. The van der Waals surface area contributed by atoms with E-state index in [2.05, 4.69) is 9.97 Å². The second kappa shape index (κ2) is 5.24. The highest BCUT2D eigenvalue weighted by Crippen LogP contribution is 2.29. The van der Waals surface area contributed by atoms with Gasteiger partial charge >= 0.3 is 0 Å². The number of methoxy groups -OCH3 is 1. The maximum Gasteiger partial charge on any atom is 0.251 e. The summed E-state index contributed by atoms with van der Waals surface area (Å²) in [7, 11) is 1.59. The van der Waals surface area contributed by atoms with Crippen LogP contribution in [0.25, 0.3) is 11.3 Å². The number of aromatic nitrogens is 2. The van der Waals surface area contributed by atoms with E-state index in [0.29, 0.717) is 17.3 Å². The summed E-state index contributed by atoms with van der Waals surface area (Å²) < 4.78 is 5.31. The Kier molecular flexibility index (Phi) is 3.66. The van der Waals surface area contributed by atoms with Gasteiger partial charge in [-0.05, 0) is 26.0 Å². The van der Waals surface area contributed by atoms with Gasteiger partial charge in [0.15, 0.2) is 0 Å². The fourth-order valence-electron chi connectivity index (χ4n) is 1.85. The number of aryl methyl sites for hydroxylation is 1. The molecule has 0 spiro atoms. The van der Waals surface area contributed by atoms with Gasteiger partial charge in [-0.3, -0.25) is 4.79 Å². The summed E-state index contributed by atoms with van der Waals surface area (Å²) in [6.45, 7) is 3.75. The number of H-pyrrole nitrogens is 1. The average molecular weight is 259 g/mol. The molecule has 0 fully saturated rings. The zero-order chi connectivity index (χ0) is 14.0. The molecular formula is C14H17N3O2. The van der Waals surface area contributed by atoms with Crippen LogP contribution in [0.3, 0.4) is 0 Å². The molecule has 0 bridgehead atoms. The van der Waals surface area contributed by atoms with E-state index in [-0.39, 0.29) is 11.6 Å². The number of hydrogen-bond acceptors (Lipinski definition) is 4. The normalized spacial score (nSPS) is 12.2. The Balaban J connectivity index is 2.64. The highest BCUT2D eigenvalue weighted by molar-refractivity contribution is 5.67. The first-order valence-electron chi connectivity index (χ1n) is 6.03. The van der Waals surface area contributed by atoms with E-state index in [1.54, 1.807) is 14.0 Å². The third-order valence-electron chi connectivity index (χ3n) is 2.82. The molecule has 1 aromatic carbocycles. The van der Waals surface area contributed by atoms with Crippen LogP contribution < -0.4 is 16.0 Å². The monoisotopic (exact) mass is 259 g/mol. The summed E-state index contributed by atoms with van der Waals surface area (Å²) in [5.74, 6) is 1.14. The zero-order valence-corrected chi connectivity index (χ0v) is 11.2. The molecule has 5 nitrogen and oxygen atoms in total. The smallest absolute Gasteiger partial charge is 0.251 e. The molecular weight excluding hydrogens is 242 g/mol. The lowest BCUT2D eigenvalue weighted by Crippen LogP contribution is -2.17. The number of nitrogens with one attached hydrogen (secondary N) is 1. The molecule has 0 aliphatic heterocycles. The van der Waals surface area contributed by atoms with Crippen LogP contribution in [0.15, 0.2) is 29.1 Å². The van der Waals surface area contributed by atoms with Crippen LogP contribution in [0, 0.1) is 6.92 Å². The first kappa shape index (κ1) is 13.3. The van der Waals surface area contributed by atoms with Gasteiger partial charge in [0, 0.05) is 11.6 Å². The molecule has 2 rings (SSSR count). The number of benzene rings is 1. The van der Waals surface area contributed by atoms with Crippen molar-refractivity contribution in [2.24, 2.45) is 5.73 Å². The van der Waals surface area contributed by atoms with Gasteiger partial charge in [-0.25, -0.2) is 4.98 Å². The maximum atomic E-state index is 11.7. The van der Waals surface area contributed by atoms with Crippen LogP contribution in [0.5, 0.6) is 5.75 Å². The van der Waals surface area contributed by atoms with Crippen LogP contribution in [0.2, 0.25) is 0 Å². The fourth-order valence-corrected chi connectivity index (χ4v) is 1.85. The van der Waals surface area contributed by atoms with Crippen molar-refractivity contribution in [1.82, 2.24) is 9.97 Å². The molecule has 0 saturated heterocycles. The first-order valence-corrected chi connectivity index (χ1v) is 6.03. The second-order valence-corrected chi connectivity index (χ2v) is 4.51. The molecule has 0 saturated carbocycles. The van der Waals surface area contributed by atoms with Crippen LogP contribution in [0.4, 0.5) is 0 Å². The van der Waals surface area contributed by atoms with Crippen molar-refractivity contribution in [2.75, 3.05) is 7.11 Å². The van der Waals surface area contributed by atoms with E-state index in [1.807, 2.05) is 25.1 Å². The Labute approximate surface area is 111 Å². The third-order valence-corrected chi connectivity index (χ3v) is 2.82. The molecule has 0 radical (unpaired) electrons. The number of ether oxygens (including phenoxy) is 1. The predicted octanol–water partition coefficient (Wildman–Crippen LogP) is 1.77. The van der Waals surface area contributed by atoms with E-state index in [4.69, 9.17) is 10.5 Å². The van der Waals surface area contributed by atoms with Gasteiger partial charge in [-0.15, -0.1) is 0 Å². The lowest BCUT2D eigenvalue weighted by atomic mass is 10.1. The minimum absolute atomic E-state index is 0.221. The van der Waals surface area contributed by atoms with Gasteiger partial charge in [-0.1, -0.05) is 11.6 Å². The molecule has 3 N–H and O–H groups in total. The number of nitrogens with two attached hydrogens (primary N) is 1. The molecule has 19 heavy (non-hydrogen) atoms.